The van der Waals surface area contributed by atoms with Crippen LogP contribution in [0, 0.1) is 0 Å². The van der Waals surface area contributed by atoms with Crippen LogP contribution in [0.25, 0.3) is 27.8 Å². The monoisotopic (exact) mass is 487 g/mol. The van der Waals surface area contributed by atoms with Gasteiger partial charge in [-0.1, -0.05) is 54.6 Å². The van der Waals surface area contributed by atoms with Crippen LogP contribution in [0.4, 0.5) is 0 Å². The van der Waals surface area contributed by atoms with Crippen LogP contribution in [0.2, 0.25) is 0 Å². The molecule has 1 aliphatic rings. The highest BCUT2D eigenvalue weighted by Crippen LogP contribution is 2.30. The quantitative estimate of drug-likeness (QED) is 0.386. The van der Waals surface area contributed by atoms with Crippen molar-refractivity contribution in [2.45, 2.75) is 23.8 Å². The van der Waals surface area contributed by atoms with E-state index in [1.165, 1.54) is 3.97 Å². The van der Waals surface area contributed by atoms with Gasteiger partial charge in [-0.3, -0.25) is 4.79 Å². The van der Waals surface area contributed by atoms with Gasteiger partial charge in [-0.25, -0.2) is 12.4 Å². The maximum Gasteiger partial charge on any atom is 0.268 e. The summed E-state index contributed by atoms with van der Waals surface area (Å²) in [5.41, 5.74) is 1.27. The molecule has 0 bridgehead atoms. The molecule has 1 saturated heterocycles. The molecule has 0 spiro atoms. The maximum atomic E-state index is 13.8. The third-order valence-electron chi connectivity index (χ3n) is 6.98. The first-order chi connectivity index (χ1) is 16.9. The summed E-state index contributed by atoms with van der Waals surface area (Å²) in [4.78, 5) is 17.2. The fourth-order valence-electron chi connectivity index (χ4n) is 4.87. The van der Waals surface area contributed by atoms with Gasteiger partial charge >= 0.3 is 0 Å². The first-order valence-corrected chi connectivity index (χ1v) is 13.3. The predicted octanol–water partition coefficient (Wildman–Crippen LogP) is 4.60. The Hall–Kier alpha value is -3.42. The second-order valence-corrected chi connectivity index (χ2v) is 11.0. The molecule has 0 aliphatic carbocycles. The summed E-state index contributed by atoms with van der Waals surface area (Å²) < 4.78 is 29.0. The molecule has 0 saturated carbocycles. The predicted molar refractivity (Wildman–Crippen MR) is 141 cm³/mol. The standard InChI is InChI=1S/C28H29N3O3S/c1-29-18-16-23(17-19-29)30(2)28(32)15-14-22-20-31(26-12-6-5-10-24(22)26)35(33,34)27-13-7-9-21-8-3-4-11-25(21)27/h3-15,20,23H,16-19H2,1-2H3/b15-14+. The van der Waals surface area contributed by atoms with Crippen molar-refractivity contribution < 1.29 is 13.2 Å². The second kappa shape index (κ2) is 9.32. The number of benzene rings is 3. The van der Waals surface area contributed by atoms with Gasteiger partial charge in [0.15, 0.2) is 0 Å². The van der Waals surface area contributed by atoms with E-state index in [4.69, 9.17) is 0 Å². The van der Waals surface area contributed by atoms with Crippen LogP contribution in [-0.4, -0.2) is 61.3 Å². The van der Waals surface area contributed by atoms with Gasteiger partial charge in [0.2, 0.25) is 5.91 Å². The minimum atomic E-state index is -3.87. The van der Waals surface area contributed by atoms with E-state index in [1.807, 2.05) is 55.6 Å². The number of likely N-dealkylation sites (N-methyl/N-ethyl adjacent to an activating group) is 1. The van der Waals surface area contributed by atoms with Crippen LogP contribution in [0.5, 0.6) is 0 Å². The molecule has 6 nitrogen and oxygen atoms in total. The summed E-state index contributed by atoms with van der Waals surface area (Å²) >= 11 is 0. The molecule has 0 unspecified atom stereocenters. The Morgan fingerprint density at radius 3 is 2.37 bits per heavy atom. The van der Waals surface area contributed by atoms with E-state index in [9.17, 15) is 13.2 Å². The number of amides is 1. The summed E-state index contributed by atoms with van der Waals surface area (Å²) in [6, 6.07) is 20.4. The highest BCUT2D eigenvalue weighted by atomic mass is 32.2. The molecule has 180 valence electrons. The zero-order chi connectivity index (χ0) is 24.6. The van der Waals surface area contributed by atoms with Crippen molar-refractivity contribution in [2.75, 3.05) is 27.2 Å². The van der Waals surface area contributed by atoms with Crippen LogP contribution < -0.4 is 0 Å². The third-order valence-corrected chi connectivity index (χ3v) is 8.72. The molecule has 0 radical (unpaired) electrons. The molecule has 3 aromatic carbocycles. The summed E-state index contributed by atoms with van der Waals surface area (Å²) in [6.07, 6.45) is 6.80. The molecule has 1 amide bonds. The van der Waals surface area contributed by atoms with Gasteiger partial charge in [-0.05, 0) is 56.6 Å². The summed E-state index contributed by atoms with van der Waals surface area (Å²) in [5, 5.41) is 2.33. The third kappa shape index (κ3) is 4.37. The average Bonchev–Trinajstić information content (AvgIpc) is 3.26. The molecule has 35 heavy (non-hydrogen) atoms. The molecule has 7 heteroatoms. The number of aromatic nitrogens is 1. The number of hydrogen-bond acceptors (Lipinski definition) is 4. The molecule has 0 N–H and O–H groups in total. The number of nitrogens with zero attached hydrogens (tertiary/aromatic N) is 3. The highest BCUT2D eigenvalue weighted by Gasteiger charge is 2.24. The number of carbonyl (C=O) groups is 1. The van der Waals surface area contributed by atoms with Crippen molar-refractivity contribution in [3.05, 3.63) is 84.6 Å². The fraction of sp³-hybridized carbons (Fsp3) is 0.250. The number of hydrogen-bond donors (Lipinski definition) is 0. The molecule has 1 aromatic heterocycles. The molecular formula is C28H29N3O3S. The van der Waals surface area contributed by atoms with E-state index in [2.05, 4.69) is 11.9 Å². The zero-order valence-corrected chi connectivity index (χ0v) is 20.8. The second-order valence-electron chi connectivity index (χ2n) is 9.20. The number of para-hydroxylation sites is 1. The van der Waals surface area contributed by atoms with E-state index in [0.29, 0.717) is 16.5 Å². The lowest BCUT2D eigenvalue weighted by atomic mass is 10.0. The van der Waals surface area contributed by atoms with E-state index in [0.717, 1.165) is 36.7 Å². The van der Waals surface area contributed by atoms with E-state index in [-0.39, 0.29) is 16.8 Å². The van der Waals surface area contributed by atoms with Crippen LogP contribution in [0.3, 0.4) is 0 Å². The number of rotatable bonds is 5. The van der Waals surface area contributed by atoms with Gasteiger partial charge in [-0.2, -0.15) is 0 Å². The Morgan fingerprint density at radius 2 is 1.60 bits per heavy atom. The molecule has 1 aliphatic heterocycles. The van der Waals surface area contributed by atoms with Crippen LogP contribution in [0.1, 0.15) is 18.4 Å². The molecule has 1 fully saturated rings. The number of likely N-dealkylation sites (tertiary alicyclic amines) is 1. The van der Waals surface area contributed by atoms with Crippen molar-refractivity contribution in [1.29, 1.82) is 0 Å². The number of fused-ring (bicyclic) bond motifs is 2. The van der Waals surface area contributed by atoms with Crippen molar-refractivity contribution in [2.24, 2.45) is 0 Å². The Balaban J connectivity index is 1.51. The van der Waals surface area contributed by atoms with Crippen LogP contribution in [0.15, 0.2) is 83.9 Å². The van der Waals surface area contributed by atoms with Gasteiger partial charge in [0.25, 0.3) is 10.0 Å². The van der Waals surface area contributed by atoms with E-state index in [1.54, 1.807) is 41.4 Å². The Bertz CT molecular complexity index is 1520. The van der Waals surface area contributed by atoms with Gasteiger partial charge in [0.1, 0.15) is 0 Å². The van der Waals surface area contributed by atoms with Crippen molar-refractivity contribution in [1.82, 2.24) is 13.8 Å². The summed E-state index contributed by atoms with van der Waals surface area (Å²) in [7, 11) is 0.0756. The molecule has 5 rings (SSSR count). The van der Waals surface area contributed by atoms with Gasteiger partial charge in [0, 0.05) is 41.7 Å². The van der Waals surface area contributed by atoms with Gasteiger partial charge < -0.3 is 9.80 Å². The largest absolute Gasteiger partial charge is 0.339 e. The average molecular weight is 488 g/mol. The topological polar surface area (TPSA) is 62.6 Å². The first kappa shape index (κ1) is 23.3. The number of carbonyl (C=O) groups excluding carboxylic acids is 1. The Morgan fingerprint density at radius 1 is 0.943 bits per heavy atom. The van der Waals surface area contributed by atoms with Crippen molar-refractivity contribution in [3.63, 3.8) is 0 Å². The van der Waals surface area contributed by atoms with Crippen LogP contribution in [-0.2, 0) is 14.8 Å². The normalized spacial score (nSPS) is 15.8. The van der Waals surface area contributed by atoms with Gasteiger partial charge in [0.05, 0.1) is 10.4 Å². The lowest BCUT2D eigenvalue weighted by molar-refractivity contribution is -0.127. The fourth-order valence-corrected chi connectivity index (χ4v) is 6.47. The minimum Gasteiger partial charge on any atom is -0.339 e. The zero-order valence-electron chi connectivity index (χ0n) is 20.0. The lowest BCUT2D eigenvalue weighted by Gasteiger charge is -2.34. The minimum absolute atomic E-state index is 0.0757. The van der Waals surface area contributed by atoms with E-state index < -0.39 is 10.0 Å². The molecule has 4 aromatic rings. The SMILES string of the molecule is CN1CCC(N(C)C(=O)/C=C/c2cn(S(=O)(=O)c3cccc4ccccc34)c3ccccc23)CC1. The Labute approximate surface area is 206 Å². The van der Waals surface area contributed by atoms with Crippen LogP contribution >= 0.6 is 0 Å². The maximum absolute atomic E-state index is 13.8. The lowest BCUT2D eigenvalue weighted by Crippen LogP contribution is -2.43. The first-order valence-electron chi connectivity index (χ1n) is 11.8. The highest BCUT2D eigenvalue weighted by molar-refractivity contribution is 7.90. The van der Waals surface area contributed by atoms with E-state index >= 15 is 0 Å². The number of piperidine rings is 1. The molecular weight excluding hydrogens is 458 g/mol. The summed E-state index contributed by atoms with van der Waals surface area (Å²) in [5.74, 6) is -0.0757. The Kier molecular flexibility index (Phi) is 6.21. The summed E-state index contributed by atoms with van der Waals surface area (Å²) in [6.45, 7) is 1.96. The van der Waals surface area contributed by atoms with Crippen molar-refractivity contribution in [3.8, 4) is 0 Å². The molecule has 2 heterocycles. The van der Waals surface area contributed by atoms with Gasteiger partial charge in [-0.15, -0.1) is 0 Å². The smallest absolute Gasteiger partial charge is 0.268 e. The molecule has 0 atom stereocenters. The van der Waals surface area contributed by atoms with Crippen molar-refractivity contribution >= 4 is 43.7 Å².